The fraction of sp³-hybridized carbons (Fsp3) is 0.231. The van der Waals surface area contributed by atoms with Crippen LogP contribution in [0.1, 0.15) is 5.56 Å². The van der Waals surface area contributed by atoms with Crippen molar-refractivity contribution in [3.05, 3.63) is 42.0 Å². The van der Waals surface area contributed by atoms with Gasteiger partial charge in [0.05, 0.1) is 19.7 Å². The van der Waals surface area contributed by atoms with E-state index in [2.05, 4.69) is 9.84 Å². The maximum atomic E-state index is 13.5. The van der Waals surface area contributed by atoms with Gasteiger partial charge in [0.1, 0.15) is 5.82 Å². The van der Waals surface area contributed by atoms with Gasteiger partial charge in [0.25, 0.3) is 0 Å². The number of hydrogen-bond donors (Lipinski definition) is 0. The van der Waals surface area contributed by atoms with E-state index in [1.165, 1.54) is 19.2 Å². The fourth-order valence-corrected chi connectivity index (χ4v) is 1.73. The van der Waals surface area contributed by atoms with Crippen LogP contribution < -0.4 is 0 Å². The first-order chi connectivity index (χ1) is 8.58. The average molecular weight is 248 g/mol. The van der Waals surface area contributed by atoms with Crippen molar-refractivity contribution in [2.24, 2.45) is 7.05 Å². The SMILES string of the molecule is COC(=O)Cc1cc(F)cc(-c2cnn(C)c2)c1. The maximum absolute atomic E-state index is 13.5. The highest BCUT2D eigenvalue weighted by atomic mass is 19.1. The Morgan fingerprint density at radius 2 is 2.17 bits per heavy atom. The van der Waals surface area contributed by atoms with Gasteiger partial charge in [-0.15, -0.1) is 0 Å². The van der Waals surface area contributed by atoms with Crippen LogP contribution in [-0.4, -0.2) is 22.9 Å². The summed E-state index contributed by atoms with van der Waals surface area (Å²) in [4.78, 5) is 11.2. The average Bonchev–Trinajstić information content (AvgIpc) is 2.75. The third-order valence-electron chi connectivity index (χ3n) is 2.57. The van der Waals surface area contributed by atoms with Crippen LogP contribution in [0.2, 0.25) is 0 Å². The number of aromatic nitrogens is 2. The molecule has 0 radical (unpaired) electrons. The van der Waals surface area contributed by atoms with Crippen LogP contribution in [0.25, 0.3) is 11.1 Å². The molecule has 0 fully saturated rings. The minimum Gasteiger partial charge on any atom is -0.469 e. The predicted molar refractivity (Wildman–Crippen MR) is 64.3 cm³/mol. The first kappa shape index (κ1) is 12.3. The second-order valence-electron chi connectivity index (χ2n) is 4.00. The lowest BCUT2D eigenvalue weighted by atomic mass is 10.0. The third-order valence-corrected chi connectivity index (χ3v) is 2.57. The number of carbonyl (C=O) groups is 1. The molecule has 18 heavy (non-hydrogen) atoms. The highest BCUT2D eigenvalue weighted by Crippen LogP contribution is 2.21. The Labute approximate surface area is 104 Å². The summed E-state index contributed by atoms with van der Waals surface area (Å²) < 4.78 is 19.7. The van der Waals surface area contributed by atoms with Crippen LogP contribution in [0.3, 0.4) is 0 Å². The number of esters is 1. The van der Waals surface area contributed by atoms with Crippen LogP contribution in [0.5, 0.6) is 0 Å². The molecule has 0 saturated carbocycles. The largest absolute Gasteiger partial charge is 0.469 e. The van der Waals surface area contributed by atoms with Gasteiger partial charge < -0.3 is 4.74 Å². The maximum Gasteiger partial charge on any atom is 0.309 e. The number of nitrogens with zero attached hydrogens (tertiary/aromatic N) is 2. The number of ether oxygens (including phenoxy) is 1. The molecular formula is C13H13FN2O2. The quantitative estimate of drug-likeness (QED) is 0.780. The number of hydrogen-bond acceptors (Lipinski definition) is 3. The van der Waals surface area contributed by atoms with Crippen molar-refractivity contribution in [2.75, 3.05) is 7.11 Å². The monoisotopic (exact) mass is 248 g/mol. The van der Waals surface area contributed by atoms with Gasteiger partial charge in [-0.1, -0.05) is 6.07 Å². The van der Waals surface area contributed by atoms with E-state index in [0.29, 0.717) is 11.1 Å². The number of carbonyl (C=O) groups excluding carboxylic acids is 1. The van der Waals surface area contributed by atoms with E-state index in [-0.39, 0.29) is 12.2 Å². The molecule has 2 rings (SSSR count). The highest BCUT2D eigenvalue weighted by molar-refractivity contribution is 5.73. The topological polar surface area (TPSA) is 44.1 Å². The second-order valence-corrected chi connectivity index (χ2v) is 4.00. The molecule has 1 aromatic carbocycles. The smallest absolute Gasteiger partial charge is 0.309 e. The van der Waals surface area contributed by atoms with Gasteiger partial charge in [-0.05, 0) is 23.3 Å². The van der Waals surface area contributed by atoms with Crippen LogP contribution in [0, 0.1) is 5.82 Å². The molecule has 4 nitrogen and oxygen atoms in total. The van der Waals surface area contributed by atoms with Crippen LogP contribution in [-0.2, 0) is 23.0 Å². The summed E-state index contributed by atoms with van der Waals surface area (Å²) >= 11 is 0. The van der Waals surface area contributed by atoms with Gasteiger partial charge in [0, 0.05) is 18.8 Å². The van der Waals surface area contributed by atoms with Crippen molar-refractivity contribution >= 4 is 5.97 Å². The number of aryl methyl sites for hydroxylation is 1. The van der Waals surface area contributed by atoms with Gasteiger partial charge in [0.2, 0.25) is 0 Å². The lowest BCUT2D eigenvalue weighted by molar-refractivity contribution is -0.139. The molecule has 0 atom stereocenters. The minimum absolute atomic E-state index is 0.0571. The molecule has 0 aliphatic carbocycles. The number of halogens is 1. The molecule has 1 aromatic heterocycles. The number of methoxy groups -OCH3 is 1. The molecule has 0 aliphatic rings. The van der Waals surface area contributed by atoms with E-state index < -0.39 is 5.97 Å². The highest BCUT2D eigenvalue weighted by Gasteiger charge is 2.08. The molecule has 0 spiro atoms. The van der Waals surface area contributed by atoms with E-state index in [1.807, 2.05) is 0 Å². The van der Waals surface area contributed by atoms with E-state index >= 15 is 0 Å². The summed E-state index contributed by atoms with van der Waals surface area (Å²) in [5.41, 5.74) is 2.09. The minimum atomic E-state index is -0.391. The summed E-state index contributed by atoms with van der Waals surface area (Å²) in [5, 5.41) is 4.03. The van der Waals surface area contributed by atoms with E-state index in [0.717, 1.165) is 5.56 Å². The van der Waals surface area contributed by atoms with Crippen LogP contribution in [0.15, 0.2) is 30.6 Å². The summed E-state index contributed by atoms with van der Waals surface area (Å²) in [7, 11) is 3.10. The normalized spacial score (nSPS) is 10.4. The van der Waals surface area contributed by atoms with Crippen molar-refractivity contribution in [1.82, 2.24) is 9.78 Å². The molecule has 0 unspecified atom stereocenters. The number of rotatable bonds is 3. The second kappa shape index (κ2) is 5.00. The summed E-state index contributed by atoms with van der Waals surface area (Å²) in [6.07, 6.45) is 3.49. The van der Waals surface area contributed by atoms with Crippen molar-refractivity contribution in [3.8, 4) is 11.1 Å². The zero-order chi connectivity index (χ0) is 13.1. The third kappa shape index (κ3) is 2.74. The first-order valence-corrected chi connectivity index (χ1v) is 5.44. The molecule has 0 saturated heterocycles. The molecule has 0 N–H and O–H groups in total. The Morgan fingerprint density at radius 3 is 2.78 bits per heavy atom. The predicted octanol–water partition coefficient (Wildman–Crippen LogP) is 1.94. The van der Waals surface area contributed by atoms with Gasteiger partial charge in [-0.25, -0.2) is 4.39 Å². The summed E-state index contributed by atoms with van der Waals surface area (Å²) in [6.45, 7) is 0. The van der Waals surface area contributed by atoms with Gasteiger partial charge in [-0.3, -0.25) is 9.48 Å². The molecule has 0 amide bonds. The zero-order valence-electron chi connectivity index (χ0n) is 10.2. The molecule has 94 valence electrons. The first-order valence-electron chi connectivity index (χ1n) is 5.44. The van der Waals surface area contributed by atoms with Crippen molar-refractivity contribution in [1.29, 1.82) is 0 Å². The lowest BCUT2D eigenvalue weighted by Crippen LogP contribution is -2.04. The van der Waals surface area contributed by atoms with Gasteiger partial charge >= 0.3 is 5.97 Å². The molecule has 0 bridgehead atoms. The van der Waals surface area contributed by atoms with Crippen LogP contribution >= 0.6 is 0 Å². The standard InChI is InChI=1S/C13H13FN2O2/c1-16-8-11(7-15-16)10-3-9(4-12(14)6-10)5-13(17)18-2/h3-4,6-8H,5H2,1-2H3. The fourth-order valence-electron chi connectivity index (χ4n) is 1.73. The van der Waals surface area contributed by atoms with E-state index in [1.54, 1.807) is 30.2 Å². The molecular weight excluding hydrogens is 235 g/mol. The van der Waals surface area contributed by atoms with Crippen molar-refractivity contribution in [2.45, 2.75) is 6.42 Å². The summed E-state index contributed by atoms with van der Waals surface area (Å²) in [6, 6.07) is 4.51. The Morgan fingerprint density at radius 1 is 1.39 bits per heavy atom. The molecule has 0 aliphatic heterocycles. The number of benzene rings is 1. The van der Waals surface area contributed by atoms with Gasteiger partial charge in [-0.2, -0.15) is 5.10 Å². The molecule has 1 heterocycles. The van der Waals surface area contributed by atoms with Crippen LogP contribution in [0.4, 0.5) is 4.39 Å². The van der Waals surface area contributed by atoms with E-state index in [9.17, 15) is 9.18 Å². The van der Waals surface area contributed by atoms with Crippen molar-refractivity contribution in [3.63, 3.8) is 0 Å². The summed E-state index contributed by atoms with van der Waals surface area (Å²) in [5.74, 6) is -0.770. The zero-order valence-corrected chi connectivity index (χ0v) is 10.2. The van der Waals surface area contributed by atoms with Gasteiger partial charge in [0.15, 0.2) is 0 Å². The van der Waals surface area contributed by atoms with Crippen molar-refractivity contribution < 1.29 is 13.9 Å². The van der Waals surface area contributed by atoms with E-state index in [4.69, 9.17) is 0 Å². The Kier molecular flexibility index (Phi) is 3.41. The Hall–Kier alpha value is -2.17. The lowest BCUT2D eigenvalue weighted by Gasteiger charge is -2.04. The molecule has 2 aromatic rings. The molecule has 5 heteroatoms. The Balaban J connectivity index is 2.34. The Bertz CT molecular complexity index is 578.